The molecule has 2 atom stereocenters. The van der Waals surface area contributed by atoms with E-state index in [0.29, 0.717) is 0 Å². The molecule has 2 aliphatic rings. The Kier molecular flexibility index (Phi) is 4.53. The van der Waals surface area contributed by atoms with Gasteiger partial charge in [-0.2, -0.15) is 4.37 Å². The van der Waals surface area contributed by atoms with E-state index in [1.54, 1.807) is 7.11 Å². The summed E-state index contributed by atoms with van der Waals surface area (Å²) in [5, 5.41) is 4.70. The second kappa shape index (κ2) is 6.37. The molecular weight excluding hydrogens is 272 g/mol. The van der Waals surface area contributed by atoms with Gasteiger partial charge in [0.1, 0.15) is 6.10 Å². The number of hydrogen-bond donors (Lipinski definition) is 1. The minimum absolute atomic E-state index is 0.0137. The zero-order chi connectivity index (χ0) is 13.9. The third-order valence-electron chi connectivity index (χ3n) is 4.63. The molecule has 0 bridgehead atoms. The summed E-state index contributed by atoms with van der Waals surface area (Å²) in [4.78, 5) is 7.00. The Morgan fingerprint density at radius 2 is 2.15 bits per heavy atom. The molecule has 2 fully saturated rings. The molecule has 2 aliphatic heterocycles. The van der Waals surface area contributed by atoms with Crippen molar-refractivity contribution in [3.63, 3.8) is 0 Å². The lowest BCUT2D eigenvalue weighted by atomic mass is 9.89. The summed E-state index contributed by atoms with van der Waals surface area (Å²) in [6.45, 7) is 5.42. The third-order valence-corrected chi connectivity index (χ3v) is 5.42. The number of nitrogens with zero attached hydrogens (tertiary/aromatic N) is 3. The van der Waals surface area contributed by atoms with Gasteiger partial charge in [-0.25, -0.2) is 4.98 Å². The molecule has 112 valence electrons. The lowest BCUT2D eigenvalue weighted by molar-refractivity contribution is 0.113. The van der Waals surface area contributed by atoms with Crippen molar-refractivity contribution in [2.75, 3.05) is 31.6 Å². The van der Waals surface area contributed by atoms with E-state index in [1.165, 1.54) is 43.8 Å². The standard InChI is InChI=1S/C14H24N4OS/c1-10(19-2)13-16-14(20-17-13)18-8-5-11(6-9-18)12-4-3-7-15-12/h10-12,15H,3-9H2,1-2H3. The Morgan fingerprint density at radius 3 is 2.80 bits per heavy atom. The first kappa shape index (κ1) is 14.2. The molecular formula is C14H24N4OS. The van der Waals surface area contributed by atoms with Crippen molar-refractivity contribution in [2.24, 2.45) is 5.92 Å². The largest absolute Gasteiger partial charge is 0.374 e. The van der Waals surface area contributed by atoms with E-state index in [-0.39, 0.29) is 6.10 Å². The van der Waals surface area contributed by atoms with Gasteiger partial charge >= 0.3 is 0 Å². The average molecular weight is 296 g/mol. The zero-order valence-corrected chi connectivity index (χ0v) is 13.2. The third kappa shape index (κ3) is 2.97. The molecule has 0 aromatic carbocycles. The highest BCUT2D eigenvalue weighted by Crippen LogP contribution is 2.30. The summed E-state index contributed by atoms with van der Waals surface area (Å²) < 4.78 is 9.69. The van der Waals surface area contributed by atoms with Gasteiger partial charge in [0.05, 0.1) is 0 Å². The van der Waals surface area contributed by atoms with Gasteiger partial charge in [-0.3, -0.25) is 0 Å². The van der Waals surface area contributed by atoms with E-state index in [1.807, 2.05) is 6.92 Å². The maximum absolute atomic E-state index is 5.28. The number of hydrogen-bond acceptors (Lipinski definition) is 6. The van der Waals surface area contributed by atoms with Crippen LogP contribution in [-0.4, -0.2) is 42.1 Å². The Morgan fingerprint density at radius 1 is 1.35 bits per heavy atom. The van der Waals surface area contributed by atoms with E-state index >= 15 is 0 Å². The van der Waals surface area contributed by atoms with Gasteiger partial charge in [-0.15, -0.1) is 0 Å². The van der Waals surface area contributed by atoms with E-state index < -0.39 is 0 Å². The molecule has 6 heteroatoms. The molecule has 2 unspecified atom stereocenters. The van der Waals surface area contributed by atoms with Gasteiger partial charge in [0.15, 0.2) is 5.82 Å². The van der Waals surface area contributed by atoms with Crippen LogP contribution >= 0.6 is 11.5 Å². The van der Waals surface area contributed by atoms with E-state index in [9.17, 15) is 0 Å². The van der Waals surface area contributed by atoms with Crippen molar-refractivity contribution in [2.45, 2.75) is 44.8 Å². The first-order chi connectivity index (χ1) is 9.78. The fourth-order valence-electron chi connectivity index (χ4n) is 3.23. The Balaban J connectivity index is 1.56. The quantitative estimate of drug-likeness (QED) is 0.923. The molecule has 0 aliphatic carbocycles. The van der Waals surface area contributed by atoms with Gasteiger partial charge in [0.2, 0.25) is 5.13 Å². The highest BCUT2D eigenvalue weighted by molar-refractivity contribution is 7.09. The zero-order valence-electron chi connectivity index (χ0n) is 12.3. The number of ether oxygens (including phenoxy) is 1. The van der Waals surface area contributed by atoms with E-state index in [4.69, 9.17) is 4.74 Å². The molecule has 5 nitrogen and oxygen atoms in total. The molecule has 0 amide bonds. The molecule has 1 aromatic rings. The smallest absolute Gasteiger partial charge is 0.205 e. The van der Waals surface area contributed by atoms with Gasteiger partial charge in [0, 0.05) is 37.8 Å². The van der Waals surface area contributed by atoms with Crippen molar-refractivity contribution >= 4 is 16.7 Å². The molecule has 1 aromatic heterocycles. The second-order valence-corrected chi connectivity index (χ2v) is 6.57. The highest BCUT2D eigenvalue weighted by Gasteiger charge is 2.29. The highest BCUT2D eigenvalue weighted by atomic mass is 32.1. The van der Waals surface area contributed by atoms with Crippen LogP contribution in [0.4, 0.5) is 5.13 Å². The van der Waals surface area contributed by atoms with Crippen molar-refractivity contribution in [1.29, 1.82) is 0 Å². The van der Waals surface area contributed by atoms with Crippen LogP contribution in [0.1, 0.15) is 44.5 Å². The molecule has 0 spiro atoms. The summed E-state index contributed by atoms with van der Waals surface area (Å²) in [5.41, 5.74) is 0. The number of methoxy groups -OCH3 is 1. The van der Waals surface area contributed by atoms with Crippen LogP contribution in [0.15, 0.2) is 0 Å². The molecule has 0 saturated carbocycles. The lowest BCUT2D eigenvalue weighted by Crippen LogP contribution is -2.40. The molecule has 0 radical (unpaired) electrons. The summed E-state index contributed by atoms with van der Waals surface area (Å²) in [7, 11) is 1.70. The van der Waals surface area contributed by atoms with Crippen LogP contribution < -0.4 is 10.2 Å². The lowest BCUT2D eigenvalue weighted by Gasteiger charge is -2.34. The summed E-state index contributed by atoms with van der Waals surface area (Å²) in [5.74, 6) is 1.66. The number of aromatic nitrogens is 2. The fourth-order valence-corrected chi connectivity index (χ4v) is 4.03. The van der Waals surface area contributed by atoms with Crippen LogP contribution in [0.3, 0.4) is 0 Å². The Hall–Kier alpha value is -0.720. The predicted molar refractivity (Wildman–Crippen MR) is 81.3 cm³/mol. The van der Waals surface area contributed by atoms with Crippen molar-refractivity contribution in [3.05, 3.63) is 5.82 Å². The fraction of sp³-hybridized carbons (Fsp3) is 0.857. The SMILES string of the molecule is COC(C)c1nsc(N2CCC(C3CCCN3)CC2)n1. The van der Waals surface area contributed by atoms with Crippen LogP contribution in [-0.2, 0) is 4.74 Å². The van der Waals surface area contributed by atoms with Gasteiger partial charge in [-0.05, 0) is 45.1 Å². The van der Waals surface area contributed by atoms with Crippen LogP contribution in [0.2, 0.25) is 0 Å². The van der Waals surface area contributed by atoms with Crippen LogP contribution in [0.5, 0.6) is 0 Å². The molecule has 2 saturated heterocycles. The number of anilines is 1. The summed E-state index contributed by atoms with van der Waals surface area (Å²) in [6, 6.07) is 0.760. The van der Waals surface area contributed by atoms with Crippen LogP contribution in [0, 0.1) is 5.92 Å². The first-order valence-corrected chi connectivity index (χ1v) is 8.40. The molecule has 20 heavy (non-hydrogen) atoms. The van der Waals surface area contributed by atoms with Crippen LogP contribution in [0.25, 0.3) is 0 Å². The van der Waals surface area contributed by atoms with Crippen molar-refractivity contribution < 1.29 is 4.74 Å². The number of nitrogens with one attached hydrogen (secondary N) is 1. The topological polar surface area (TPSA) is 50.3 Å². The summed E-state index contributed by atoms with van der Waals surface area (Å²) in [6.07, 6.45) is 5.23. The minimum Gasteiger partial charge on any atom is -0.374 e. The number of rotatable bonds is 4. The summed E-state index contributed by atoms with van der Waals surface area (Å²) >= 11 is 1.50. The molecule has 3 heterocycles. The Labute approximate surface area is 124 Å². The molecule has 3 rings (SSSR count). The number of piperidine rings is 1. The Bertz CT molecular complexity index is 425. The van der Waals surface area contributed by atoms with E-state index in [2.05, 4.69) is 19.6 Å². The van der Waals surface area contributed by atoms with Gasteiger partial charge < -0.3 is 15.0 Å². The maximum Gasteiger partial charge on any atom is 0.205 e. The molecule has 1 N–H and O–H groups in total. The van der Waals surface area contributed by atoms with Crippen molar-refractivity contribution in [1.82, 2.24) is 14.7 Å². The minimum atomic E-state index is -0.0137. The van der Waals surface area contributed by atoms with E-state index in [0.717, 1.165) is 36.0 Å². The normalized spacial score (nSPS) is 26.1. The first-order valence-electron chi connectivity index (χ1n) is 7.62. The van der Waals surface area contributed by atoms with Gasteiger partial charge in [0.25, 0.3) is 0 Å². The monoisotopic (exact) mass is 296 g/mol. The van der Waals surface area contributed by atoms with Gasteiger partial charge in [-0.1, -0.05) is 0 Å². The maximum atomic E-state index is 5.28. The second-order valence-electron chi connectivity index (χ2n) is 5.84. The predicted octanol–water partition coefficient (Wildman–Crippen LogP) is 2.21. The van der Waals surface area contributed by atoms with Crippen molar-refractivity contribution in [3.8, 4) is 0 Å². The average Bonchev–Trinajstić information content (AvgIpc) is 3.18.